The fourth-order valence-electron chi connectivity index (χ4n) is 1.44. The van der Waals surface area contributed by atoms with Crippen LogP contribution >= 0.6 is 0 Å². The molecule has 0 heterocycles. The molecule has 0 amide bonds. The number of esters is 1. The van der Waals surface area contributed by atoms with Crippen molar-refractivity contribution in [2.45, 2.75) is 0 Å². The zero-order valence-electron chi connectivity index (χ0n) is 9.82. The maximum atomic E-state index is 11.5. The molecule has 0 spiro atoms. The number of benzene rings is 1. The van der Waals surface area contributed by atoms with Gasteiger partial charge in [-0.2, -0.15) is 0 Å². The van der Waals surface area contributed by atoms with Gasteiger partial charge in [-0.3, -0.25) is 0 Å². The average molecular weight is 280 g/mol. The Kier molecular flexibility index (Phi) is 4.21. The van der Waals surface area contributed by atoms with Gasteiger partial charge in [-0.25, -0.2) is 19.2 Å². The summed E-state index contributed by atoms with van der Waals surface area (Å²) in [6, 6.07) is 1.23. The first-order chi connectivity index (χ1) is 9.29. The fraction of sp³-hybridized carbons (Fsp3) is 0. The largest absolute Gasteiger partial charge is 0.478 e. The van der Waals surface area contributed by atoms with Gasteiger partial charge in [0.25, 0.3) is 0 Å². The summed E-state index contributed by atoms with van der Waals surface area (Å²) in [5.41, 5.74) is -2.73. The van der Waals surface area contributed by atoms with Crippen molar-refractivity contribution in [2.75, 3.05) is 0 Å². The Hall–Kier alpha value is -3.16. The molecule has 0 unspecified atom stereocenters. The molecule has 0 saturated carbocycles. The van der Waals surface area contributed by atoms with Gasteiger partial charge in [0.15, 0.2) is 0 Å². The number of hydrogen-bond donors (Lipinski definition) is 3. The summed E-state index contributed by atoms with van der Waals surface area (Å²) in [5, 5.41) is 26.7. The van der Waals surface area contributed by atoms with Crippen LogP contribution in [0.25, 0.3) is 0 Å². The fourth-order valence-corrected chi connectivity index (χ4v) is 1.44. The molecule has 0 aliphatic rings. The van der Waals surface area contributed by atoms with Gasteiger partial charge in [-0.05, 0) is 12.1 Å². The highest BCUT2D eigenvalue weighted by Crippen LogP contribution is 2.19. The monoisotopic (exact) mass is 280 g/mol. The lowest BCUT2D eigenvalue weighted by atomic mass is 9.98. The summed E-state index contributed by atoms with van der Waals surface area (Å²) in [7, 11) is 0. The van der Waals surface area contributed by atoms with Crippen LogP contribution in [-0.4, -0.2) is 39.2 Å². The van der Waals surface area contributed by atoms with Crippen LogP contribution in [0.1, 0.15) is 41.4 Å². The lowest BCUT2D eigenvalue weighted by Gasteiger charge is -2.08. The van der Waals surface area contributed by atoms with E-state index in [1.165, 1.54) is 0 Å². The van der Waals surface area contributed by atoms with E-state index in [2.05, 4.69) is 11.3 Å². The molecule has 0 aliphatic heterocycles. The van der Waals surface area contributed by atoms with Crippen LogP contribution in [0.15, 0.2) is 25.0 Å². The van der Waals surface area contributed by atoms with E-state index in [0.29, 0.717) is 12.1 Å². The molecule has 0 bridgehead atoms. The first kappa shape index (κ1) is 14.9. The van der Waals surface area contributed by atoms with E-state index < -0.39 is 46.1 Å². The van der Waals surface area contributed by atoms with E-state index in [-0.39, 0.29) is 0 Å². The van der Waals surface area contributed by atoms with E-state index in [0.717, 1.165) is 6.26 Å². The second-order valence-electron chi connectivity index (χ2n) is 3.43. The predicted molar refractivity (Wildman–Crippen MR) is 62.9 cm³/mol. The SMILES string of the molecule is C=COC(=O)c1cc(C(=O)O)c(C(=O)O)cc1C(=O)O. The van der Waals surface area contributed by atoms with Gasteiger partial charge in [0, 0.05) is 0 Å². The van der Waals surface area contributed by atoms with Crippen LogP contribution in [0.2, 0.25) is 0 Å². The van der Waals surface area contributed by atoms with Crippen molar-refractivity contribution in [1.29, 1.82) is 0 Å². The number of carboxylic acids is 3. The molecule has 8 nitrogen and oxygen atoms in total. The highest BCUT2D eigenvalue weighted by molar-refractivity contribution is 6.09. The van der Waals surface area contributed by atoms with Crippen molar-refractivity contribution in [1.82, 2.24) is 0 Å². The molecule has 104 valence electrons. The smallest absolute Gasteiger partial charge is 0.343 e. The highest BCUT2D eigenvalue weighted by atomic mass is 16.5. The van der Waals surface area contributed by atoms with E-state index in [1.807, 2.05) is 0 Å². The van der Waals surface area contributed by atoms with Crippen LogP contribution in [0, 0.1) is 0 Å². The minimum absolute atomic E-state index is 0.584. The van der Waals surface area contributed by atoms with Crippen LogP contribution < -0.4 is 0 Å². The molecule has 0 radical (unpaired) electrons. The van der Waals surface area contributed by atoms with Crippen molar-refractivity contribution < 1.29 is 39.2 Å². The van der Waals surface area contributed by atoms with Crippen molar-refractivity contribution in [2.24, 2.45) is 0 Å². The third kappa shape index (κ3) is 2.80. The Bertz CT molecular complexity index is 629. The van der Waals surface area contributed by atoms with Crippen molar-refractivity contribution in [3.63, 3.8) is 0 Å². The van der Waals surface area contributed by atoms with E-state index >= 15 is 0 Å². The number of carbonyl (C=O) groups is 4. The van der Waals surface area contributed by atoms with E-state index in [9.17, 15) is 19.2 Å². The zero-order valence-corrected chi connectivity index (χ0v) is 9.82. The Morgan fingerprint density at radius 3 is 1.55 bits per heavy atom. The van der Waals surface area contributed by atoms with Crippen molar-refractivity contribution in [3.05, 3.63) is 47.2 Å². The van der Waals surface area contributed by atoms with Gasteiger partial charge in [0.05, 0.1) is 28.5 Å². The standard InChI is InChI=1S/C12H8O8/c1-2-20-12(19)8-4-6(10(15)16)5(9(13)14)3-7(8)11(17)18/h2-4H,1H2,(H,13,14)(H,15,16)(H,17,18). The molecule has 3 N–H and O–H groups in total. The molecule has 8 heteroatoms. The van der Waals surface area contributed by atoms with Gasteiger partial charge < -0.3 is 20.1 Å². The second-order valence-corrected chi connectivity index (χ2v) is 3.43. The van der Waals surface area contributed by atoms with Gasteiger partial charge in [-0.1, -0.05) is 6.58 Å². The average Bonchev–Trinajstić information content (AvgIpc) is 2.36. The van der Waals surface area contributed by atoms with Crippen LogP contribution in [0.4, 0.5) is 0 Å². The molecule has 1 rings (SSSR count). The summed E-state index contributed by atoms with van der Waals surface area (Å²) in [6.07, 6.45) is 0.736. The molecule has 1 aromatic rings. The van der Waals surface area contributed by atoms with Gasteiger partial charge in [0.1, 0.15) is 0 Å². The summed E-state index contributed by atoms with van der Waals surface area (Å²) < 4.78 is 4.38. The minimum Gasteiger partial charge on any atom is -0.478 e. The first-order valence-electron chi connectivity index (χ1n) is 4.99. The number of hydrogen-bond acceptors (Lipinski definition) is 5. The third-order valence-electron chi connectivity index (χ3n) is 2.26. The molecule has 1 aromatic carbocycles. The van der Waals surface area contributed by atoms with Gasteiger partial charge >= 0.3 is 23.9 Å². The summed E-state index contributed by atoms with van der Waals surface area (Å²) in [5.74, 6) is -6.00. The van der Waals surface area contributed by atoms with E-state index in [4.69, 9.17) is 15.3 Å². The van der Waals surface area contributed by atoms with Crippen LogP contribution in [-0.2, 0) is 4.74 Å². The summed E-state index contributed by atoms with van der Waals surface area (Å²) >= 11 is 0. The van der Waals surface area contributed by atoms with Gasteiger partial charge in [-0.15, -0.1) is 0 Å². The second kappa shape index (κ2) is 5.65. The summed E-state index contributed by atoms with van der Waals surface area (Å²) in [4.78, 5) is 44.4. The first-order valence-corrected chi connectivity index (χ1v) is 4.99. The maximum absolute atomic E-state index is 11.5. The molecule has 0 fully saturated rings. The molecular formula is C12H8O8. The van der Waals surface area contributed by atoms with Crippen molar-refractivity contribution in [3.8, 4) is 0 Å². The lowest BCUT2D eigenvalue weighted by Crippen LogP contribution is -2.16. The number of carboxylic acid groups (broad SMARTS) is 3. The number of aromatic carboxylic acids is 3. The Balaban J connectivity index is 3.65. The normalized spacial score (nSPS) is 9.60. The molecule has 0 aliphatic carbocycles. The Labute approximate surface area is 111 Å². The number of carbonyl (C=O) groups excluding carboxylic acids is 1. The zero-order chi connectivity index (χ0) is 15.4. The summed E-state index contributed by atoms with van der Waals surface area (Å²) in [6.45, 7) is 3.10. The number of rotatable bonds is 5. The van der Waals surface area contributed by atoms with Crippen LogP contribution in [0.5, 0.6) is 0 Å². The Morgan fingerprint density at radius 1 is 0.850 bits per heavy atom. The molecule has 0 saturated heterocycles. The molecule has 20 heavy (non-hydrogen) atoms. The van der Waals surface area contributed by atoms with Crippen LogP contribution in [0.3, 0.4) is 0 Å². The quantitative estimate of drug-likeness (QED) is 0.538. The third-order valence-corrected chi connectivity index (χ3v) is 2.26. The predicted octanol–water partition coefficient (Wildman–Crippen LogP) is 1.08. The minimum atomic E-state index is -1.63. The Morgan fingerprint density at radius 2 is 1.20 bits per heavy atom. The number of ether oxygens (including phenoxy) is 1. The van der Waals surface area contributed by atoms with E-state index in [1.54, 1.807) is 0 Å². The lowest BCUT2D eigenvalue weighted by molar-refractivity contribution is 0.0624. The topological polar surface area (TPSA) is 138 Å². The molecule has 0 atom stereocenters. The maximum Gasteiger partial charge on any atom is 0.343 e. The molecular weight excluding hydrogens is 272 g/mol. The highest BCUT2D eigenvalue weighted by Gasteiger charge is 2.25. The molecule has 0 aromatic heterocycles. The van der Waals surface area contributed by atoms with Crippen molar-refractivity contribution >= 4 is 23.9 Å². The van der Waals surface area contributed by atoms with Gasteiger partial charge in [0.2, 0.25) is 0 Å².